The summed E-state index contributed by atoms with van der Waals surface area (Å²) >= 11 is 0. The van der Waals surface area contributed by atoms with Gasteiger partial charge in [-0.05, 0) is 18.9 Å². The maximum Gasteiger partial charge on any atom is 0.326 e. The molecule has 3 aromatic rings. The van der Waals surface area contributed by atoms with Gasteiger partial charge < -0.3 is 25.6 Å². The third-order valence-electron chi connectivity index (χ3n) is 7.09. The summed E-state index contributed by atoms with van der Waals surface area (Å²) in [5.74, 6) is -6.39. The quantitative estimate of drug-likeness (QED) is 0.198. The van der Waals surface area contributed by atoms with Gasteiger partial charge in [-0.1, -0.05) is 24.3 Å². The lowest BCUT2D eigenvalue weighted by Gasteiger charge is -2.32. The molecule has 1 aromatic heterocycles. The highest BCUT2D eigenvalue weighted by Gasteiger charge is 2.40. The topological polar surface area (TPSA) is 207 Å². The van der Waals surface area contributed by atoms with Crippen LogP contribution in [0.3, 0.4) is 0 Å². The third kappa shape index (κ3) is 4.60. The Bertz CT molecular complexity index is 1650. The molecule has 1 saturated heterocycles. The number of aromatic amines is 1. The van der Waals surface area contributed by atoms with E-state index >= 15 is 0 Å². The van der Waals surface area contributed by atoms with Crippen molar-refractivity contribution in [1.29, 1.82) is 0 Å². The summed E-state index contributed by atoms with van der Waals surface area (Å²) in [7, 11) is -4.57. The molecule has 40 heavy (non-hydrogen) atoms. The number of rotatable bonds is 7. The smallest absolute Gasteiger partial charge is 0.326 e. The van der Waals surface area contributed by atoms with E-state index in [-0.39, 0.29) is 49.0 Å². The van der Waals surface area contributed by atoms with Gasteiger partial charge >= 0.3 is 5.97 Å². The number of fused-ring (bicyclic) bond motifs is 2. The molecule has 1 fully saturated rings. The van der Waals surface area contributed by atoms with Crippen molar-refractivity contribution < 1.29 is 42.9 Å². The molecular formula is C26H24N4O9S. The Morgan fingerprint density at radius 1 is 1.10 bits per heavy atom. The zero-order valence-electron chi connectivity index (χ0n) is 20.8. The zero-order valence-corrected chi connectivity index (χ0v) is 21.6. The fourth-order valence-electron chi connectivity index (χ4n) is 5.02. The number of carboxylic acids is 1. The Hall–Kier alpha value is -4.56. The largest absolute Gasteiger partial charge is 0.504 e. The second-order valence-corrected chi connectivity index (χ2v) is 11.5. The number of imidazole rings is 1. The van der Waals surface area contributed by atoms with Crippen molar-refractivity contribution in [2.24, 2.45) is 5.92 Å². The first-order chi connectivity index (χ1) is 19.0. The van der Waals surface area contributed by atoms with Crippen molar-refractivity contribution in [1.82, 2.24) is 19.6 Å². The van der Waals surface area contributed by atoms with E-state index in [4.69, 9.17) is 0 Å². The van der Waals surface area contributed by atoms with E-state index in [0.717, 1.165) is 10.4 Å². The molecule has 5 N–H and O–H groups in total. The monoisotopic (exact) mass is 568 g/mol. The van der Waals surface area contributed by atoms with Crippen molar-refractivity contribution in [3.63, 3.8) is 0 Å². The van der Waals surface area contributed by atoms with Crippen LogP contribution in [0.25, 0.3) is 0 Å². The predicted molar refractivity (Wildman–Crippen MR) is 136 cm³/mol. The molecule has 1 unspecified atom stereocenters. The molecule has 1 aliphatic carbocycles. The molecule has 5 rings (SSSR count). The number of benzene rings is 2. The highest BCUT2D eigenvalue weighted by atomic mass is 32.2. The van der Waals surface area contributed by atoms with Crippen molar-refractivity contribution in [3.05, 3.63) is 70.8 Å². The predicted octanol–water partition coefficient (Wildman–Crippen LogP) is 0.809. The highest BCUT2D eigenvalue weighted by Crippen LogP contribution is 2.43. The number of phenols is 2. The van der Waals surface area contributed by atoms with Crippen molar-refractivity contribution in [3.8, 4) is 11.5 Å². The number of H-pyrrole nitrogens is 1. The summed E-state index contributed by atoms with van der Waals surface area (Å²) in [6, 6.07) is 5.45. The van der Waals surface area contributed by atoms with Gasteiger partial charge in [-0.25, -0.2) is 18.2 Å². The van der Waals surface area contributed by atoms with Crippen LogP contribution >= 0.6 is 0 Å². The minimum atomic E-state index is -4.57. The fraction of sp³-hybridized carbons (Fsp3) is 0.269. The number of carbonyl (C=O) groups is 4. The van der Waals surface area contributed by atoms with E-state index in [1.807, 2.05) is 0 Å². The van der Waals surface area contributed by atoms with Crippen LogP contribution in [0.15, 0.2) is 47.8 Å². The maximum atomic E-state index is 13.6. The summed E-state index contributed by atoms with van der Waals surface area (Å²) in [5.41, 5.74) is -0.326. The van der Waals surface area contributed by atoms with Gasteiger partial charge in [-0.15, -0.1) is 0 Å². The third-order valence-corrected chi connectivity index (χ3v) is 8.97. The number of carboxylic acid groups (broad SMARTS) is 1. The number of carbonyl (C=O) groups excluding carboxylic acids is 3. The molecule has 0 bridgehead atoms. The molecule has 2 aromatic carbocycles. The number of phenolic OH excluding ortho intramolecular Hbond substituents is 2. The Balaban J connectivity index is 1.41. The van der Waals surface area contributed by atoms with Crippen LogP contribution in [-0.2, 0) is 26.0 Å². The summed E-state index contributed by atoms with van der Waals surface area (Å²) in [5, 5.41) is 33.3. The Morgan fingerprint density at radius 3 is 2.45 bits per heavy atom. The molecule has 13 nitrogen and oxygen atoms in total. The number of aliphatic carboxylic acids is 1. The number of piperidine rings is 1. The SMILES string of the molecule is O=C1c2ccccc2C(=O)c2c1cc(S(=O)(=O)N1CCCC(C(=O)N[C@@H](Cc3cnc[nH]3)C(=O)O)C1)c(O)c2O. The van der Waals surface area contributed by atoms with Gasteiger partial charge in [-0.3, -0.25) is 14.4 Å². The van der Waals surface area contributed by atoms with Crippen LogP contribution in [0, 0.1) is 5.92 Å². The van der Waals surface area contributed by atoms with Crippen LogP contribution in [0.4, 0.5) is 0 Å². The van der Waals surface area contributed by atoms with E-state index in [1.165, 1.54) is 36.8 Å². The van der Waals surface area contributed by atoms with Gasteiger partial charge in [0.1, 0.15) is 10.9 Å². The van der Waals surface area contributed by atoms with E-state index in [0.29, 0.717) is 5.69 Å². The standard InChI is InChI=1S/C26H24N4O9S/c31-21-15-5-1-2-6-16(15)22(32)20-17(21)9-19(23(33)24(20)34)40(38,39)30-7-3-4-13(11-30)25(35)29-18(26(36)37)8-14-10-27-12-28-14/h1-2,5-6,9-10,12-13,18,33-34H,3-4,7-8,11H2,(H,27,28)(H,29,35)(H,36,37)/t13?,18-/m0/s1. The number of hydrogen-bond donors (Lipinski definition) is 5. The fourth-order valence-corrected chi connectivity index (χ4v) is 6.65. The molecule has 2 heterocycles. The van der Waals surface area contributed by atoms with Gasteiger partial charge in [0.05, 0.1) is 17.8 Å². The van der Waals surface area contributed by atoms with Gasteiger partial charge in [0.2, 0.25) is 15.9 Å². The van der Waals surface area contributed by atoms with Crippen LogP contribution < -0.4 is 5.32 Å². The number of sulfonamides is 1. The number of ketones is 2. The maximum absolute atomic E-state index is 13.6. The molecule has 1 amide bonds. The molecular weight excluding hydrogens is 544 g/mol. The van der Waals surface area contributed by atoms with Crippen molar-refractivity contribution in [2.45, 2.75) is 30.2 Å². The molecule has 0 spiro atoms. The summed E-state index contributed by atoms with van der Waals surface area (Å²) < 4.78 is 28.1. The molecule has 0 saturated carbocycles. The van der Waals surface area contributed by atoms with E-state index < -0.39 is 67.4 Å². The minimum absolute atomic E-state index is 0.0161. The highest BCUT2D eigenvalue weighted by molar-refractivity contribution is 7.89. The van der Waals surface area contributed by atoms with Crippen LogP contribution in [-0.4, -0.2) is 80.6 Å². The van der Waals surface area contributed by atoms with Gasteiger partial charge in [-0.2, -0.15) is 4.31 Å². The summed E-state index contributed by atoms with van der Waals surface area (Å²) in [6.07, 6.45) is 3.26. The lowest BCUT2D eigenvalue weighted by atomic mass is 9.83. The number of aromatic nitrogens is 2. The first-order valence-corrected chi connectivity index (χ1v) is 13.7. The zero-order chi connectivity index (χ0) is 28.8. The lowest BCUT2D eigenvalue weighted by molar-refractivity contribution is -0.142. The van der Waals surface area contributed by atoms with Gasteiger partial charge in [0, 0.05) is 48.1 Å². The average molecular weight is 569 g/mol. The second-order valence-electron chi connectivity index (χ2n) is 9.58. The number of nitrogens with zero attached hydrogens (tertiary/aromatic N) is 2. The van der Waals surface area contributed by atoms with Gasteiger partial charge in [0.15, 0.2) is 23.1 Å². The average Bonchev–Trinajstić information content (AvgIpc) is 3.46. The lowest BCUT2D eigenvalue weighted by Crippen LogP contribution is -2.50. The summed E-state index contributed by atoms with van der Waals surface area (Å²) in [6.45, 7) is -0.368. The Morgan fingerprint density at radius 2 is 1.80 bits per heavy atom. The Kier molecular flexibility index (Phi) is 6.89. The van der Waals surface area contributed by atoms with E-state index in [1.54, 1.807) is 0 Å². The second kappa shape index (κ2) is 10.2. The molecule has 0 radical (unpaired) electrons. The van der Waals surface area contributed by atoms with Gasteiger partial charge in [0.25, 0.3) is 0 Å². The van der Waals surface area contributed by atoms with Crippen molar-refractivity contribution >= 4 is 33.5 Å². The minimum Gasteiger partial charge on any atom is -0.504 e. The van der Waals surface area contributed by atoms with E-state index in [2.05, 4.69) is 15.3 Å². The molecule has 1 aliphatic heterocycles. The normalized spacial score (nSPS) is 18.1. The van der Waals surface area contributed by atoms with Crippen LogP contribution in [0.2, 0.25) is 0 Å². The molecule has 14 heteroatoms. The number of hydrogen-bond acceptors (Lipinski definition) is 9. The number of aromatic hydroxyl groups is 2. The first kappa shape index (κ1) is 27.0. The van der Waals surface area contributed by atoms with Crippen LogP contribution in [0.5, 0.6) is 11.5 Å². The number of amides is 1. The van der Waals surface area contributed by atoms with E-state index in [9.17, 15) is 42.9 Å². The summed E-state index contributed by atoms with van der Waals surface area (Å²) in [4.78, 5) is 56.6. The number of nitrogens with one attached hydrogen (secondary N) is 2. The molecule has 208 valence electrons. The Labute approximate surface area is 227 Å². The molecule has 2 atom stereocenters. The first-order valence-electron chi connectivity index (χ1n) is 12.3. The van der Waals surface area contributed by atoms with Crippen LogP contribution in [0.1, 0.15) is 50.4 Å². The van der Waals surface area contributed by atoms with Crippen molar-refractivity contribution in [2.75, 3.05) is 13.1 Å². The molecule has 2 aliphatic rings.